The van der Waals surface area contributed by atoms with Gasteiger partial charge in [0.25, 0.3) is 0 Å². The van der Waals surface area contributed by atoms with Crippen LogP contribution in [0.1, 0.15) is 6.42 Å². The van der Waals surface area contributed by atoms with Gasteiger partial charge in [-0.25, -0.2) is 0 Å². The fourth-order valence-electron chi connectivity index (χ4n) is 1.60. The molecule has 0 saturated heterocycles. The number of amides is 1. The highest BCUT2D eigenvalue weighted by atomic mass is 127. The Labute approximate surface area is 139 Å². The van der Waals surface area contributed by atoms with Gasteiger partial charge in [-0.3, -0.25) is 9.48 Å². The highest BCUT2D eigenvalue weighted by molar-refractivity contribution is 14.1. The van der Waals surface area contributed by atoms with Crippen molar-refractivity contribution in [3.05, 3.63) is 38.1 Å². The van der Waals surface area contributed by atoms with Crippen LogP contribution in [0.25, 0.3) is 0 Å². The number of aryl methyl sites for hydroxylation is 1. The van der Waals surface area contributed by atoms with Crippen molar-refractivity contribution in [2.75, 3.05) is 11.1 Å². The lowest BCUT2D eigenvalue weighted by Crippen LogP contribution is -2.16. The number of anilines is 2. The van der Waals surface area contributed by atoms with Crippen LogP contribution < -0.4 is 11.1 Å². The van der Waals surface area contributed by atoms with Crippen LogP contribution in [0.4, 0.5) is 11.4 Å². The van der Waals surface area contributed by atoms with E-state index in [1.165, 1.54) is 6.07 Å². The summed E-state index contributed by atoms with van der Waals surface area (Å²) in [7, 11) is 0. The first kappa shape index (κ1) is 15.4. The van der Waals surface area contributed by atoms with Crippen LogP contribution in [0, 0.1) is 3.57 Å². The van der Waals surface area contributed by atoms with E-state index in [1.807, 2.05) is 6.20 Å². The number of hydrogen-bond acceptors (Lipinski definition) is 3. The summed E-state index contributed by atoms with van der Waals surface area (Å²) in [6.45, 7) is 0.486. The van der Waals surface area contributed by atoms with Crippen molar-refractivity contribution in [2.24, 2.45) is 0 Å². The van der Waals surface area contributed by atoms with Gasteiger partial charge in [-0.2, -0.15) is 5.10 Å². The molecule has 106 valence electrons. The number of nitrogens with zero attached hydrogens (tertiary/aromatic N) is 2. The van der Waals surface area contributed by atoms with Crippen molar-refractivity contribution < 1.29 is 4.79 Å². The van der Waals surface area contributed by atoms with Crippen molar-refractivity contribution >= 4 is 63.1 Å². The minimum absolute atomic E-state index is 0.188. The first-order valence-electron chi connectivity index (χ1n) is 5.68. The van der Waals surface area contributed by atoms with E-state index < -0.39 is 0 Å². The van der Waals surface area contributed by atoms with E-state index in [4.69, 9.17) is 28.9 Å². The van der Waals surface area contributed by atoms with Gasteiger partial charge < -0.3 is 11.1 Å². The normalized spacial score (nSPS) is 10.6. The topological polar surface area (TPSA) is 72.9 Å². The first-order valence-corrected chi connectivity index (χ1v) is 7.51. The van der Waals surface area contributed by atoms with Crippen molar-refractivity contribution in [1.82, 2.24) is 9.78 Å². The summed E-state index contributed by atoms with van der Waals surface area (Å²) in [5.74, 6) is -0.188. The second-order valence-corrected chi connectivity index (χ2v) is 6.16. The number of halogens is 3. The summed E-state index contributed by atoms with van der Waals surface area (Å²) >= 11 is 14.0. The number of carbonyl (C=O) groups is 1. The Bertz CT molecular complexity index is 621. The fraction of sp³-hybridized carbons (Fsp3) is 0.167. The molecule has 0 saturated carbocycles. The van der Waals surface area contributed by atoms with E-state index in [-0.39, 0.29) is 12.3 Å². The van der Waals surface area contributed by atoms with Gasteiger partial charge in [0.1, 0.15) is 0 Å². The van der Waals surface area contributed by atoms with E-state index >= 15 is 0 Å². The van der Waals surface area contributed by atoms with Gasteiger partial charge >= 0.3 is 0 Å². The van der Waals surface area contributed by atoms with Crippen LogP contribution in [0.3, 0.4) is 0 Å². The Balaban J connectivity index is 1.98. The SMILES string of the molecule is Nc1cc(Cl)cc(Cl)c1NC(=O)CCn1cc(I)cn1. The Morgan fingerprint density at radius 1 is 1.45 bits per heavy atom. The molecule has 5 nitrogen and oxygen atoms in total. The highest BCUT2D eigenvalue weighted by Gasteiger charge is 2.11. The predicted octanol–water partition coefficient (Wildman–Crippen LogP) is 3.41. The molecule has 0 spiro atoms. The van der Waals surface area contributed by atoms with Crippen LogP contribution in [0.15, 0.2) is 24.5 Å². The molecule has 2 aromatic rings. The van der Waals surface area contributed by atoms with Crippen LogP contribution >= 0.6 is 45.8 Å². The van der Waals surface area contributed by atoms with Gasteiger partial charge in [-0.1, -0.05) is 23.2 Å². The lowest BCUT2D eigenvalue weighted by Gasteiger charge is -2.10. The molecule has 1 aromatic heterocycles. The van der Waals surface area contributed by atoms with Gasteiger partial charge in [0.15, 0.2) is 0 Å². The summed E-state index contributed by atoms with van der Waals surface area (Å²) in [5.41, 5.74) is 6.50. The van der Waals surface area contributed by atoms with Crippen LogP contribution in [-0.4, -0.2) is 15.7 Å². The quantitative estimate of drug-likeness (QED) is 0.583. The maximum absolute atomic E-state index is 11.9. The van der Waals surface area contributed by atoms with E-state index in [1.54, 1.807) is 16.9 Å². The second-order valence-electron chi connectivity index (χ2n) is 4.07. The number of rotatable bonds is 4. The van der Waals surface area contributed by atoms with Gasteiger partial charge in [0.2, 0.25) is 5.91 Å². The highest BCUT2D eigenvalue weighted by Crippen LogP contribution is 2.32. The maximum Gasteiger partial charge on any atom is 0.226 e. The zero-order valence-corrected chi connectivity index (χ0v) is 13.9. The Hall–Kier alpha value is -0.990. The number of nitrogen functional groups attached to an aromatic ring is 1. The van der Waals surface area contributed by atoms with Crippen LogP contribution in [0.5, 0.6) is 0 Å². The number of nitrogens with two attached hydrogens (primary N) is 1. The van der Waals surface area contributed by atoms with E-state index in [9.17, 15) is 4.79 Å². The molecule has 3 N–H and O–H groups in total. The molecule has 2 rings (SSSR count). The molecule has 1 heterocycles. The maximum atomic E-state index is 11.9. The van der Waals surface area contributed by atoms with Crippen molar-refractivity contribution in [3.8, 4) is 0 Å². The molecule has 1 amide bonds. The van der Waals surface area contributed by atoms with E-state index in [0.717, 1.165) is 3.57 Å². The largest absolute Gasteiger partial charge is 0.397 e. The van der Waals surface area contributed by atoms with Crippen molar-refractivity contribution in [3.63, 3.8) is 0 Å². The zero-order valence-electron chi connectivity index (χ0n) is 10.2. The molecule has 20 heavy (non-hydrogen) atoms. The second kappa shape index (κ2) is 6.64. The van der Waals surface area contributed by atoms with E-state index in [0.29, 0.717) is 28.0 Å². The lowest BCUT2D eigenvalue weighted by atomic mass is 10.2. The van der Waals surface area contributed by atoms with Crippen molar-refractivity contribution in [2.45, 2.75) is 13.0 Å². The van der Waals surface area contributed by atoms with Gasteiger partial charge in [-0.15, -0.1) is 0 Å². The average Bonchev–Trinajstić information content (AvgIpc) is 2.77. The molecule has 0 aliphatic heterocycles. The van der Waals surface area contributed by atoms with Crippen LogP contribution in [-0.2, 0) is 11.3 Å². The summed E-state index contributed by atoms with van der Waals surface area (Å²) in [4.78, 5) is 11.9. The third-order valence-electron chi connectivity index (χ3n) is 2.52. The minimum atomic E-state index is -0.188. The summed E-state index contributed by atoms with van der Waals surface area (Å²) in [6, 6.07) is 3.07. The Morgan fingerprint density at radius 2 is 2.20 bits per heavy atom. The fourth-order valence-corrected chi connectivity index (χ4v) is 2.61. The monoisotopic (exact) mass is 424 g/mol. The molecule has 0 aliphatic rings. The molecule has 1 aromatic carbocycles. The number of hydrogen-bond donors (Lipinski definition) is 2. The summed E-state index contributed by atoms with van der Waals surface area (Å²) in [6.07, 6.45) is 3.86. The van der Waals surface area contributed by atoms with Crippen molar-refractivity contribution in [1.29, 1.82) is 0 Å². The number of aromatic nitrogens is 2. The summed E-state index contributed by atoms with van der Waals surface area (Å²) < 4.78 is 2.72. The lowest BCUT2D eigenvalue weighted by molar-refractivity contribution is -0.116. The molecule has 0 fully saturated rings. The minimum Gasteiger partial charge on any atom is -0.397 e. The Kier molecular flexibility index (Phi) is 5.11. The molecule has 0 unspecified atom stereocenters. The summed E-state index contributed by atoms with van der Waals surface area (Å²) in [5, 5.41) is 7.53. The third-order valence-corrected chi connectivity index (χ3v) is 3.59. The smallest absolute Gasteiger partial charge is 0.226 e. The molecular weight excluding hydrogens is 414 g/mol. The van der Waals surface area contributed by atoms with Gasteiger partial charge in [0, 0.05) is 24.2 Å². The zero-order chi connectivity index (χ0) is 14.7. The molecule has 0 atom stereocenters. The molecule has 0 aliphatic carbocycles. The Morgan fingerprint density at radius 3 is 2.80 bits per heavy atom. The standard InChI is InChI=1S/C12H11Cl2IN4O/c13-7-3-9(14)12(10(16)4-7)18-11(20)1-2-19-6-8(15)5-17-19/h3-6H,1-2,16H2,(H,18,20). The number of nitrogens with one attached hydrogen (secondary N) is 1. The number of benzene rings is 1. The molecule has 8 heteroatoms. The van der Waals surface area contributed by atoms with Gasteiger partial charge in [-0.05, 0) is 34.7 Å². The van der Waals surface area contributed by atoms with Crippen LogP contribution in [0.2, 0.25) is 10.0 Å². The third kappa shape index (κ3) is 4.00. The average molecular weight is 425 g/mol. The van der Waals surface area contributed by atoms with Gasteiger partial charge in [0.05, 0.1) is 26.2 Å². The predicted molar refractivity (Wildman–Crippen MR) is 89.1 cm³/mol. The first-order chi connectivity index (χ1) is 9.45. The molecule has 0 radical (unpaired) electrons. The molecular formula is C12H11Cl2IN4O. The number of carbonyl (C=O) groups excluding carboxylic acids is 1. The molecule has 0 bridgehead atoms. The van der Waals surface area contributed by atoms with E-state index in [2.05, 4.69) is 33.0 Å².